The van der Waals surface area contributed by atoms with Gasteiger partial charge < -0.3 is 44.5 Å². The molecule has 0 aliphatic carbocycles. The lowest BCUT2D eigenvalue weighted by molar-refractivity contribution is -0.117. The summed E-state index contributed by atoms with van der Waals surface area (Å²) in [5.74, 6) is 2.14. The molecule has 3 aliphatic heterocycles. The third kappa shape index (κ3) is 11.4. The Bertz CT molecular complexity index is 2880. The molecule has 3 aliphatic rings. The predicted octanol–water partition coefficient (Wildman–Crippen LogP) is 7.40. The molecule has 3 aromatic heterocycles. The topological polar surface area (TPSA) is 193 Å². The number of halogens is 1. The number of pyridine rings is 1. The summed E-state index contributed by atoms with van der Waals surface area (Å²) in [6.45, 7) is 11.3. The van der Waals surface area contributed by atoms with Crippen LogP contribution in [0.4, 0.5) is 17.2 Å². The number of nitrogens with one attached hydrogen (secondary N) is 3. The zero-order chi connectivity index (χ0) is 48.6. The van der Waals surface area contributed by atoms with Crippen molar-refractivity contribution in [1.82, 2.24) is 24.6 Å². The van der Waals surface area contributed by atoms with Gasteiger partial charge in [0.2, 0.25) is 11.8 Å². The van der Waals surface area contributed by atoms with E-state index in [4.69, 9.17) is 45.3 Å². The molecule has 1 saturated heterocycles. The molecule has 0 spiro atoms. The van der Waals surface area contributed by atoms with Gasteiger partial charge in [-0.1, -0.05) is 29.8 Å². The quantitative estimate of drug-likeness (QED) is 0.0644. The number of anilines is 3. The van der Waals surface area contributed by atoms with Crippen LogP contribution < -0.4 is 20.7 Å². The lowest BCUT2D eigenvalue weighted by Crippen LogP contribution is -2.41. The standard InChI is InChI=1S/C51H54ClN9O8S/c1-31-32(2)70-51-46(31)47(34-4-7-37(52)8-5-34)56-42(49-59-58-33(3)61(49)51)30-45(63)54-38-9-11-39(12-10-38)69-27-26-68-25-24-67-23-22-65-19-16-53-43-15-13-40(35-6-14-41-36(28-35)29-44(62)55-41)48(57-43)50(64)60-17-20-66-21-18-60/h4-15,28,42H,16-27,29-30H2,1-3H3,(H,53,57)(H,54,63)(H,55,62)/t42-/m0/s1. The van der Waals surface area contributed by atoms with Crippen molar-refractivity contribution >= 4 is 63.6 Å². The zero-order valence-electron chi connectivity index (χ0n) is 39.2. The third-order valence-corrected chi connectivity index (χ3v) is 13.5. The van der Waals surface area contributed by atoms with Crippen LogP contribution in [0, 0.1) is 20.8 Å². The Morgan fingerprint density at radius 2 is 1.57 bits per heavy atom. The lowest BCUT2D eigenvalue weighted by Gasteiger charge is -2.27. The van der Waals surface area contributed by atoms with Crippen molar-refractivity contribution in [2.24, 2.45) is 4.99 Å². The van der Waals surface area contributed by atoms with E-state index in [1.165, 1.54) is 4.88 Å². The highest BCUT2D eigenvalue weighted by molar-refractivity contribution is 7.15. The first-order valence-electron chi connectivity index (χ1n) is 23.3. The van der Waals surface area contributed by atoms with E-state index < -0.39 is 6.04 Å². The molecule has 1 atom stereocenters. The van der Waals surface area contributed by atoms with Gasteiger partial charge in [0.05, 0.1) is 71.4 Å². The van der Waals surface area contributed by atoms with Crippen molar-refractivity contribution in [3.63, 3.8) is 0 Å². The summed E-state index contributed by atoms with van der Waals surface area (Å²) in [6, 6.07) is 23.7. The summed E-state index contributed by atoms with van der Waals surface area (Å²) in [4.78, 5) is 52.1. The minimum atomic E-state index is -0.581. The fourth-order valence-electron chi connectivity index (χ4n) is 8.43. The maximum Gasteiger partial charge on any atom is 0.273 e. The van der Waals surface area contributed by atoms with Crippen LogP contribution in [0.5, 0.6) is 5.75 Å². The predicted molar refractivity (Wildman–Crippen MR) is 268 cm³/mol. The van der Waals surface area contributed by atoms with Crippen molar-refractivity contribution in [2.75, 3.05) is 95.0 Å². The molecule has 6 aromatic rings. The molecule has 0 radical (unpaired) electrons. The number of rotatable bonds is 20. The summed E-state index contributed by atoms with van der Waals surface area (Å²) in [5, 5.41) is 19.7. The number of hydrogen-bond acceptors (Lipinski definition) is 14. The van der Waals surface area contributed by atoms with Crippen LogP contribution >= 0.6 is 22.9 Å². The second-order valence-electron chi connectivity index (χ2n) is 16.9. The third-order valence-electron chi connectivity index (χ3n) is 12.1. The van der Waals surface area contributed by atoms with E-state index in [-0.39, 0.29) is 24.1 Å². The molecule has 70 heavy (non-hydrogen) atoms. The van der Waals surface area contributed by atoms with Gasteiger partial charge in [0, 0.05) is 57.6 Å². The molecule has 0 bridgehead atoms. The number of ether oxygens (including phenoxy) is 5. The first kappa shape index (κ1) is 48.5. The molecule has 0 saturated carbocycles. The largest absolute Gasteiger partial charge is 0.491 e. The lowest BCUT2D eigenvalue weighted by atomic mass is 9.99. The second-order valence-corrected chi connectivity index (χ2v) is 18.5. The number of carbonyl (C=O) groups is 3. The fourth-order valence-corrected chi connectivity index (χ4v) is 9.77. The normalized spacial score (nSPS) is 15.1. The van der Waals surface area contributed by atoms with Gasteiger partial charge in [-0.05, 0) is 98.1 Å². The number of thiophene rings is 1. The van der Waals surface area contributed by atoms with E-state index in [1.807, 2.05) is 66.1 Å². The Kier molecular flexibility index (Phi) is 15.6. The van der Waals surface area contributed by atoms with E-state index in [0.717, 1.165) is 50.0 Å². The van der Waals surface area contributed by atoms with Crippen LogP contribution in [0.15, 0.2) is 83.9 Å². The van der Waals surface area contributed by atoms with E-state index in [9.17, 15) is 14.4 Å². The molecule has 17 nitrogen and oxygen atoms in total. The Labute approximate surface area is 414 Å². The highest BCUT2D eigenvalue weighted by Gasteiger charge is 2.33. The average Bonchev–Trinajstić information content (AvgIpc) is 4.01. The smallest absolute Gasteiger partial charge is 0.273 e. The number of aryl methyl sites for hydroxylation is 2. The monoisotopic (exact) mass is 987 g/mol. The first-order chi connectivity index (χ1) is 34.1. The number of benzene rings is 3. The van der Waals surface area contributed by atoms with Crippen molar-refractivity contribution < 1.29 is 38.1 Å². The summed E-state index contributed by atoms with van der Waals surface area (Å²) >= 11 is 7.92. The minimum Gasteiger partial charge on any atom is -0.491 e. The van der Waals surface area contributed by atoms with E-state index in [1.54, 1.807) is 40.5 Å². The molecule has 3 aromatic carbocycles. The van der Waals surface area contributed by atoms with Gasteiger partial charge in [-0.3, -0.25) is 23.9 Å². The SMILES string of the molecule is Cc1sc2c(c1C)C(c1ccc(Cl)cc1)=N[C@@H](CC(=O)Nc1ccc(OCCOCCOCCOCCNc3ccc(-c4ccc5c(c4)CC(=O)N5)c(C(=O)N4CCOCC4)n3)cc1)c1nnc(C)n1-2. The second kappa shape index (κ2) is 22.5. The molecule has 3 amide bonds. The van der Waals surface area contributed by atoms with Crippen molar-refractivity contribution in [2.45, 2.75) is 39.7 Å². The molecule has 6 heterocycles. The van der Waals surface area contributed by atoms with Gasteiger partial charge >= 0.3 is 0 Å². The zero-order valence-corrected chi connectivity index (χ0v) is 40.8. The van der Waals surface area contributed by atoms with E-state index in [0.29, 0.717) is 125 Å². The number of fused-ring (bicyclic) bond motifs is 4. The molecule has 19 heteroatoms. The van der Waals surface area contributed by atoms with Gasteiger partial charge in [0.25, 0.3) is 5.91 Å². The van der Waals surface area contributed by atoms with Gasteiger partial charge in [0.1, 0.15) is 40.7 Å². The number of morpholine rings is 1. The highest BCUT2D eigenvalue weighted by Crippen LogP contribution is 2.40. The fraction of sp³-hybridized carbons (Fsp3) is 0.353. The van der Waals surface area contributed by atoms with Crippen LogP contribution in [0.1, 0.15) is 61.7 Å². The summed E-state index contributed by atoms with van der Waals surface area (Å²) in [5.41, 5.74) is 8.04. The molecular formula is C51H54ClN9O8S. The number of carbonyl (C=O) groups excluding carboxylic acids is 3. The van der Waals surface area contributed by atoms with E-state index >= 15 is 0 Å². The van der Waals surface area contributed by atoms with Crippen LogP contribution in [0.2, 0.25) is 5.02 Å². The number of nitrogens with zero attached hydrogens (tertiary/aromatic N) is 6. The van der Waals surface area contributed by atoms with Gasteiger partial charge in [-0.15, -0.1) is 21.5 Å². The van der Waals surface area contributed by atoms with Gasteiger partial charge in [-0.25, -0.2) is 4.98 Å². The summed E-state index contributed by atoms with van der Waals surface area (Å²) < 4.78 is 30.5. The molecule has 3 N–H and O–H groups in total. The number of amides is 3. The van der Waals surface area contributed by atoms with E-state index in [2.05, 4.69) is 40.0 Å². The molecule has 9 rings (SSSR count). The summed E-state index contributed by atoms with van der Waals surface area (Å²) in [7, 11) is 0. The van der Waals surface area contributed by atoms with Crippen molar-refractivity contribution in [3.05, 3.63) is 128 Å². The van der Waals surface area contributed by atoms with Crippen LogP contribution in [0.25, 0.3) is 16.1 Å². The Morgan fingerprint density at radius 1 is 0.857 bits per heavy atom. The number of aromatic nitrogens is 4. The Hall–Kier alpha value is -6.54. The first-order valence-corrected chi connectivity index (χ1v) is 24.5. The Balaban J connectivity index is 0.668. The van der Waals surface area contributed by atoms with Gasteiger partial charge in [0.15, 0.2) is 5.82 Å². The van der Waals surface area contributed by atoms with Crippen molar-refractivity contribution in [1.29, 1.82) is 0 Å². The molecule has 0 unspecified atom stereocenters. The molecule has 364 valence electrons. The minimum absolute atomic E-state index is 0.0442. The Morgan fingerprint density at radius 3 is 2.33 bits per heavy atom. The maximum atomic E-state index is 13.7. The average molecular weight is 989 g/mol. The highest BCUT2D eigenvalue weighted by atomic mass is 35.5. The van der Waals surface area contributed by atoms with Crippen LogP contribution in [0.3, 0.4) is 0 Å². The van der Waals surface area contributed by atoms with Crippen LogP contribution in [-0.4, -0.2) is 127 Å². The molecular weight excluding hydrogens is 934 g/mol. The maximum absolute atomic E-state index is 13.7. The van der Waals surface area contributed by atoms with Crippen LogP contribution in [-0.2, 0) is 35.0 Å². The number of aliphatic imine (C=N–C) groups is 1. The summed E-state index contributed by atoms with van der Waals surface area (Å²) in [6.07, 6.45) is 0.366. The number of hydrogen-bond donors (Lipinski definition) is 3. The van der Waals surface area contributed by atoms with Crippen molar-refractivity contribution in [3.8, 4) is 21.9 Å². The molecule has 1 fully saturated rings. The van der Waals surface area contributed by atoms with Gasteiger partial charge in [-0.2, -0.15) is 0 Å².